The molecule has 0 bridgehead atoms. The minimum atomic E-state index is -0.467. The summed E-state index contributed by atoms with van der Waals surface area (Å²) >= 11 is 6.09. The lowest BCUT2D eigenvalue weighted by atomic mass is 9.65. The minimum absolute atomic E-state index is 0.0497. The first kappa shape index (κ1) is 21.2. The van der Waals surface area contributed by atoms with E-state index >= 15 is 0 Å². The van der Waals surface area contributed by atoms with Gasteiger partial charge in [-0.25, -0.2) is 0 Å². The van der Waals surface area contributed by atoms with Gasteiger partial charge in [-0.05, 0) is 28.5 Å². The third-order valence-electron chi connectivity index (χ3n) is 6.69. The van der Waals surface area contributed by atoms with Gasteiger partial charge in [-0.2, -0.15) is 5.10 Å². The number of Topliss-reactive ketones (excluding diaryl/α,β-unsaturated/α-hetero) is 2. The number of aromatic nitrogens is 2. The van der Waals surface area contributed by atoms with Crippen molar-refractivity contribution >= 4 is 23.2 Å². The fraction of sp³-hybridized carbons (Fsp3) is 0.423. The number of carbonyl (C=O) groups is 2. The standard InChI is InChI=1S/C26H27ClN2O3/c1-25(2)9-17(30)22-19(11-25)32-20-12-26(3,4)10-18(31)23(20)21(22)16-13-28-29-24(16)14-5-7-15(27)8-6-14/h5-8,13,21H,9-12H2,1-4H3,(H,28,29). The molecule has 3 aliphatic rings. The Morgan fingerprint density at radius 2 is 1.44 bits per heavy atom. The van der Waals surface area contributed by atoms with Crippen LogP contribution in [0.15, 0.2) is 53.1 Å². The minimum Gasteiger partial charge on any atom is -0.465 e. The van der Waals surface area contributed by atoms with Crippen LogP contribution in [-0.4, -0.2) is 21.8 Å². The smallest absolute Gasteiger partial charge is 0.163 e. The molecule has 0 fully saturated rings. The second-order valence-corrected chi connectivity index (χ2v) is 11.2. The van der Waals surface area contributed by atoms with Crippen molar-refractivity contribution in [3.8, 4) is 11.3 Å². The Morgan fingerprint density at radius 1 is 0.906 bits per heavy atom. The molecular weight excluding hydrogens is 424 g/mol. The molecule has 1 aliphatic heterocycles. The molecule has 2 aromatic rings. The van der Waals surface area contributed by atoms with E-state index in [1.807, 2.05) is 24.3 Å². The van der Waals surface area contributed by atoms with E-state index in [1.54, 1.807) is 6.20 Å². The van der Waals surface area contributed by atoms with E-state index in [4.69, 9.17) is 16.3 Å². The molecule has 0 atom stereocenters. The predicted molar refractivity (Wildman–Crippen MR) is 123 cm³/mol. The second kappa shape index (κ2) is 7.17. The van der Waals surface area contributed by atoms with Crippen LogP contribution >= 0.6 is 11.6 Å². The fourth-order valence-electron chi connectivity index (χ4n) is 5.35. The second-order valence-electron chi connectivity index (χ2n) is 10.8. The lowest BCUT2D eigenvalue weighted by Gasteiger charge is -2.42. The molecule has 2 aliphatic carbocycles. The first-order valence-electron chi connectivity index (χ1n) is 11.0. The third kappa shape index (κ3) is 3.53. The third-order valence-corrected chi connectivity index (χ3v) is 6.95. The number of rotatable bonds is 2. The summed E-state index contributed by atoms with van der Waals surface area (Å²) in [7, 11) is 0. The van der Waals surface area contributed by atoms with Crippen LogP contribution in [0, 0.1) is 10.8 Å². The van der Waals surface area contributed by atoms with Crippen LogP contribution in [0.2, 0.25) is 5.02 Å². The molecule has 0 unspecified atom stereocenters. The summed E-state index contributed by atoms with van der Waals surface area (Å²) in [5.41, 5.74) is 3.41. The first-order valence-corrected chi connectivity index (χ1v) is 11.4. The van der Waals surface area contributed by atoms with Gasteiger partial charge in [-0.3, -0.25) is 14.7 Å². The van der Waals surface area contributed by atoms with Gasteiger partial charge in [0.1, 0.15) is 11.5 Å². The van der Waals surface area contributed by atoms with Crippen LogP contribution in [-0.2, 0) is 14.3 Å². The van der Waals surface area contributed by atoms with Crippen molar-refractivity contribution in [1.29, 1.82) is 0 Å². The number of hydrogen-bond donors (Lipinski definition) is 1. The Kier molecular flexibility index (Phi) is 4.75. The van der Waals surface area contributed by atoms with E-state index < -0.39 is 5.92 Å². The molecule has 6 heteroatoms. The van der Waals surface area contributed by atoms with Gasteiger partial charge in [0.05, 0.1) is 17.8 Å². The molecule has 166 valence electrons. The number of aromatic amines is 1. The van der Waals surface area contributed by atoms with Crippen LogP contribution in [0.1, 0.15) is 64.9 Å². The van der Waals surface area contributed by atoms with E-state index in [1.165, 1.54) is 0 Å². The molecule has 0 spiro atoms. The number of hydrogen-bond acceptors (Lipinski definition) is 4. The van der Waals surface area contributed by atoms with Crippen molar-refractivity contribution in [2.24, 2.45) is 10.8 Å². The zero-order valence-electron chi connectivity index (χ0n) is 18.8. The number of H-pyrrole nitrogens is 1. The van der Waals surface area contributed by atoms with Gasteiger partial charge in [-0.15, -0.1) is 0 Å². The molecule has 0 saturated carbocycles. The number of ketones is 2. The zero-order valence-corrected chi connectivity index (χ0v) is 19.6. The number of allylic oxidation sites excluding steroid dienone is 4. The van der Waals surface area contributed by atoms with Crippen LogP contribution in [0.25, 0.3) is 11.3 Å². The van der Waals surface area contributed by atoms with Gasteiger partial charge >= 0.3 is 0 Å². The average molecular weight is 451 g/mol. The van der Waals surface area contributed by atoms with Gasteiger partial charge < -0.3 is 4.74 Å². The van der Waals surface area contributed by atoms with E-state index in [9.17, 15) is 9.59 Å². The number of benzene rings is 1. The monoisotopic (exact) mass is 450 g/mol. The molecule has 5 nitrogen and oxygen atoms in total. The van der Waals surface area contributed by atoms with Crippen molar-refractivity contribution in [3.63, 3.8) is 0 Å². The van der Waals surface area contributed by atoms with Crippen molar-refractivity contribution in [1.82, 2.24) is 10.2 Å². The number of nitrogens with one attached hydrogen (secondary N) is 1. The Hall–Kier alpha value is -2.66. The number of carbonyl (C=O) groups excluding carboxylic acids is 2. The summed E-state index contributed by atoms with van der Waals surface area (Å²) in [4.78, 5) is 26.9. The van der Waals surface area contributed by atoms with Crippen molar-refractivity contribution in [2.45, 2.75) is 59.3 Å². The van der Waals surface area contributed by atoms with Gasteiger partial charge in [-0.1, -0.05) is 51.4 Å². The average Bonchev–Trinajstić information content (AvgIpc) is 3.14. The van der Waals surface area contributed by atoms with Crippen LogP contribution in [0.4, 0.5) is 0 Å². The van der Waals surface area contributed by atoms with Crippen LogP contribution < -0.4 is 0 Å². The summed E-state index contributed by atoms with van der Waals surface area (Å²) in [5, 5.41) is 8.05. The highest BCUT2D eigenvalue weighted by Gasteiger charge is 2.48. The molecule has 1 aromatic carbocycles. The predicted octanol–water partition coefficient (Wildman–Crippen LogP) is 6.13. The quantitative estimate of drug-likeness (QED) is 0.597. The van der Waals surface area contributed by atoms with Crippen LogP contribution in [0.5, 0.6) is 0 Å². The van der Waals surface area contributed by atoms with E-state index in [2.05, 4.69) is 37.9 Å². The SMILES string of the molecule is CC1(C)CC(=O)C2=C(C1)OC1=C(C(=O)CC(C)(C)C1)C2c1cn[nH]c1-c1ccc(Cl)cc1. The maximum atomic E-state index is 13.4. The summed E-state index contributed by atoms with van der Waals surface area (Å²) in [6, 6.07) is 7.48. The Balaban J connectivity index is 1.72. The molecule has 0 saturated heterocycles. The molecule has 0 amide bonds. The molecular formula is C26H27ClN2O3. The molecule has 0 radical (unpaired) electrons. The highest BCUT2D eigenvalue weighted by Crippen LogP contribution is 2.54. The van der Waals surface area contributed by atoms with Gasteiger partial charge in [0.25, 0.3) is 0 Å². The largest absolute Gasteiger partial charge is 0.465 e. The van der Waals surface area contributed by atoms with Crippen molar-refractivity contribution in [2.75, 3.05) is 0 Å². The van der Waals surface area contributed by atoms with E-state index in [0.29, 0.717) is 53.4 Å². The zero-order chi connectivity index (χ0) is 22.8. The molecule has 5 rings (SSSR count). The lowest BCUT2D eigenvalue weighted by molar-refractivity contribution is -0.120. The molecule has 1 aromatic heterocycles. The van der Waals surface area contributed by atoms with Gasteiger partial charge in [0, 0.05) is 47.4 Å². The van der Waals surface area contributed by atoms with Gasteiger partial charge in [0.2, 0.25) is 0 Å². The lowest BCUT2D eigenvalue weighted by Crippen LogP contribution is -2.37. The van der Waals surface area contributed by atoms with E-state index in [0.717, 1.165) is 16.8 Å². The Morgan fingerprint density at radius 3 is 1.97 bits per heavy atom. The van der Waals surface area contributed by atoms with Crippen molar-refractivity contribution < 1.29 is 14.3 Å². The van der Waals surface area contributed by atoms with Crippen LogP contribution in [0.3, 0.4) is 0 Å². The number of ether oxygens (including phenoxy) is 1. The molecule has 2 heterocycles. The van der Waals surface area contributed by atoms with Gasteiger partial charge in [0.15, 0.2) is 11.6 Å². The number of halogens is 1. The first-order chi connectivity index (χ1) is 15.0. The highest BCUT2D eigenvalue weighted by molar-refractivity contribution is 6.30. The summed E-state index contributed by atoms with van der Waals surface area (Å²) in [6.45, 7) is 8.35. The maximum absolute atomic E-state index is 13.4. The topological polar surface area (TPSA) is 72.1 Å². The normalized spacial score (nSPS) is 22.5. The highest BCUT2D eigenvalue weighted by atomic mass is 35.5. The maximum Gasteiger partial charge on any atom is 0.163 e. The molecule has 32 heavy (non-hydrogen) atoms. The fourth-order valence-corrected chi connectivity index (χ4v) is 5.47. The summed E-state index contributed by atoms with van der Waals surface area (Å²) in [5.74, 6) is 1.06. The summed E-state index contributed by atoms with van der Waals surface area (Å²) in [6.07, 6.45) is 3.95. The van der Waals surface area contributed by atoms with E-state index in [-0.39, 0.29) is 22.4 Å². The molecule has 1 N–H and O–H groups in total. The summed E-state index contributed by atoms with van der Waals surface area (Å²) < 4.78 is 6.37. The Labute approximate surface area is 192 Å². The Bertz CT molecular complexity index is 1150. The van der Waals surface area contributed by atoms with Crippen molar-refractivity contribution in [3.05, 3.63) is 63.7 Å². The number of nitrogens with zero attached hydrogens (tertiary/aromatic N) is 1.